The van der Waals surface area contributed by atoms with Crippen molar-refractivity contribution in [2.24, 2.45) is 0 Å². The number of aromatic nitrogens is 3. The maximum atomic E-state index is 12.4. The molecule has 30 heavy (non-hydrogen) atoms. The maximum absolute atomic E-state index is 12.4. The van der Waals surface area contributed by atoms with E-state index in [1.165, 1.54) is 11.3 Å². The van der Waals surface area contributed by atoms with Crippen molar-refractivity contribution in [2.45, 2.75) is 26.5 Å². The summed E-state index contributed by atoms with van der Waals surface area (Å²) in [7, 11) is 0. The molecule has 8 heteroatoms. The summed E-state index contributed by atoms with van der Waals surface area (Å²) in [5.41, 5.74) is 3.32. The van der Waals surface area contributed by atoms with Gasteiger partial charge >= 0.3 is 5.97 Å². The first kappa shape index (κ1) is 19.8. The van der Waals surface area contributed by atoms with Crippen LogP contribution in [0.3, 0.4) is 0 Å². The van der Waals surface area contributed by atoms with E-state index in [-0.39, 0.29) is 11.6 Å². The van der Waals surface area contributed by atoms with Crippen LogP contribution in [0.5, 0.6) is 0 Å². The predicted molar refractivity (Wildman–Crippen MR) is 114 cm³/mol. The lowest BCUT2D eigenvalue weighted by Gasteiger charge is -2.07. The lowest BCUT2D eigenvalue weighted by atomic mass is 10.1. The first-order valence-corrected chi connectivity index (χ1v) is 10.3. The summed E-state index contributed by atoms with van der Waals surface area (Å²) in [5, 5.41) is 13.6. The molecule has 0 bridgehead atoms. The number of carbonyl (C=O) groups is 1. The molecule has 4 aromatic rings. The molecule has 0 spiro atoms. The van der Waals surface area contributed by atoms with Crippen LogP contribution in [0.2, 0.25) is 0 Å². The molecule has 0 amide bonds. The molecule has 0 aliphatic heterocycles. The van der Waals surface area contributed by atoms with Crippen molar-refractivity contribution in [3.8, 4) is 11.5 Å². The molecular weight excluding hydrogens is 400 g/mol. The van der Waals surface area contributed by atoms with Crippen LogP contribution in [0.15, 0.2) is 64.4 Å². The molecule has 0 aliphatic rings. The molecule has 0 fully saturated rings. The normalized spacial score (nSPS) is 11.8. The third-order valence-corrected chi connectivity index (χ3v) is 5.17. The Labute approximate surface area is 177 Å². The van der Waals surface area contributed by atoms with Crippen molar-refractivity contribution in [2.75, 3.05) is 5.32 Å². The van der Waals surface area contributed by atoms with Gasteiger partial charge in [-0.2, -0.15) is 0 Å². The minimum atomic E-state index is -0.688. The number of benzene rings is 2. The number of nitrogens with one attached hydrogen (secondary N) is 1. The van der Waals surface area contributed by atoms with E-state index in [1.54, 1.807) is 12.3 Å². The minimum Gasteiger partial charge on any atom is -0.448 e. The molecule has 0 radical (unpaired) electrons. The second kappa shape index (κ2) is 8.87. The highest BCUT2D eigenvalue weighted by Gasteiger charge is 2.21. The summed E-state index contributed by atoms with van der Waals surface area (Å²) in [6.45, 7) is 4.32. The molecule has 0 saturated heterocycles. The minimum absolute atomic E-state index is 0.233. The van der Waals surface area contributed by atoms with Crippen molar-refractivity contribution in [3.05, 3.63) is 82.7 Å². The van der Waals surface area contributed by atoms with E-state index < -0.39 is 12.1 Å². The molecule has 2 aromatic carbocycles. The first-order chi connectivity index (χ1) is 14.6. The number of rotatable bonds is 7. The highest BCUT2D eigenvalue weighted by Crippen LogP contribution is 2.24. The number of carbonyl (C=O) groups excluding carboxylic acids is 1. The largest absolute Gasteiger partial charge is 0.448 e. The van der Waals surface area contributed by atoms with Crippen LogP contribution in [0.4, 0.5) is 5.13 Å². The van der Waals surface area contributed by atoms with Crippen molar-refractivity contribution in [1.29, 1.82) is 0 Å². The summed E-state index contributed by atoms with van der Waals surface area (Å²) >= 11 is 1.35. The summed E-state index contributed by atoms with van der Waals surface area (Å²) in [6.07, 6.45) is -0.688. The van der Waals surface area contributed by atoms with Gasteiger partial charge in [0.25, 0.3) is 5.89 Å². The number of anilines is 1. The summed E-state index contributed by atoms with van der Waals surface area (Å²) < 4.78 is 11.1. The van der Waals surface area contributed by atoms with E-state index in [4.69, 9.17) is 9.15 Å². The van der Waals surface area contributed by atoms with E-state index in [0.717, 1.165) is 16.7 Å². The highest BCUT2D eigenvalue weighted by atomic mass is 32.1. The second-order valence-electron chi connectivity index (χ2n) is 6.74. The number of esters is 1. The first-order valence-electron chi connectivity index (χ1n) is 9.43. The van der Waals surface area contributed by atoms with Crippen LogP contribution in [0, 0.1) is 6.92 Å². The zero-order valence-corrected chi connectivity index (χ0v) is 17.3. The van der Waals surface area contributed by atoms with Crippen LogP contribution in [0.1, 0.15) is 40.5 Å². The number of thiazole rings is 1. The van der Waals surface area contributed by atoms with Crippen LogP contribution in [-0.4, -0.2) is 21.2 Å². The molecule has 1 atom stereocenters. The predicted octanol–water partition coefficient (Wildman–Crippen LogP) is 5.03. The molecule has 152 valence electrons. The zero-order chi connectivity index (χ0) is 20.9. The lowest BCUT2D eigenvalue weighted by Crippen LogP contribution is -2.10. The van der Waals surface area contributed by atoms with E-state index >= 15 is 0 Å². The van der Waals surface area contributed by atoms with Gasteiger partial charge in [-0.3, -0.25) is 0 Å². The molecule has 2 aromatic heterocycles. The lowest BCUT2D eigenvalue weighted by molar-refractivity contribution is 0.0274. The van der Waals surface area contributed by atoms with E-state index in [9.17, 15) is 4.79 Å². The average molecular weight is 420 g/mol. The molecule has 1 unspecified atom stereocenters. The van der Waals surface area contributed by atoms with Crippen LogP contribution in [-0.2, 0) is 11.3 Å². The SMILES string of the molecule is Cc1ccc(-c2nnc(C(C)OC(=O)c3csc(NCc4ccccc4)n3)o2)cc1. The van der Waals surface area contributed by atoms with Gasteiger partial charge in [0.1, 0.15) is 0 Å². The molecular formula is C22H20N4O3S. The van der Waals surface area contributed by atoms with Gasteiger partial charge in [0.2, 0.25) is 5.89 Å². The molecule has 7 nitrogen and oxygen atoms in total. The topological polar surface area (TPSA) is 90.1 Å². The number of ether oxygens (including phenoxy) is 1. The fraction of sp³-hybridized carbons (Fsp3) is 0.182. The van der Waals surface area contributed by atoms with Gasteiger partial charge in [-0.15, -0.1) is 21.5 Å². The van der Waals surface area contributed by atoms with Crippen molar-refractivity contribution >= 4 is 22.4 Å². The Kier molecular flexibility index (Phi) is 5.85. The molecule has 0 saturated carbocycles. The Morgan fingerprint density at radius 1 is 1.13 bits per heavy atom. The van der Waals surface area contributed by atoms with Crippen molar-refractivity contribution < 1.29 is 13.9 Å². The van der Waals surface area contributed by atoms with Gasteiger partial charge < -0.3 is 14.5 Å². The smallest absolute Gasteiger partial charge is 0.358 e. The second-order valence-corrected chi connectivity index (χ2v) is 7.59. The Morgan fingerprint density at radius 3 is 2.67 bits per heavy atom. The number of aryl methyl sites for hydroxylation is 1. The maximum Gasteiger partial charge on any atom is 0.358 e. The van der Waals surface area contributed by atoms with E-state index in [2.05, 4.69) is 20.5 Å². The fourth-order valence-corrected chi connectivity index (χ4v) is 3.38. The van der Waals surface area contributed by atoms with E-state index in [0.29, 0.717) is 17.6 Å². The number of hydrogen-bond acceptors (Lipinski definition) is 8. The Morgan fingerprint density at radius 2 is 1.90 bits per heavy atom. The average Bonchev–Trinajstić information content (AvgIpc) is 3.44. The monoisotopic (exact) mass is 420 g/mol. The standard InChI is InChI=1S/C22H20N4O3S/c1-14-8-10-17(11-9-14)20-26-25-19(29-20)15(2)28-21(27)18-13-30-22(24-18)23-12-16-6-4-3-5-7-16/h3-11,13,15H,12H2,1-2H3,(H,23,24). The third kappa shape index (κ3) is 4.72. The Balaban J connectivity index is 1.36. The molecule has 0 aliphatic carbocycles. The van der Waals surface area contributed by atoms with Crippen LogP contribution in [0.25, 0.3) is 11.5 Å². The van der Waals surface area contributed by atoms with Crippen molar-refractivity contribution in [3.63, 3.8) is 0 Å². The summed E-state index contributed by atoms with van der Waals surface area (Å²) in [6, 6.07) is 17.7. The zero-order valence-electron chi connectivity index (χ0n) is 16.5. The van der Waals surface area contributed by atoms with Gasteiger partial charge in [-0.25, -0.2) is 9.78 Å². The van der Waals surface area contributed by atoms with Crippen LogP contribution >= 0.6 is 11.3 Å². The Bertz CT molecular complexity index is 1120. The van der Waals surface area contributed by atoms with Crippen molar-refractivity contribution in [1.82, 2.24) is 15.2 Å². The fourth-order valence-electron chi connectivity index (χ4n) is 2.71. The van der Waals surface area contributed by atoms with Gasteiger partial charge in [-0.05, 0) is 31.5 Å². The number of nitrogens with zero attached hydrogens (tertiary/aromatic N) is 3. The molecule has 4 rings (SSSR count). The molecule has 1 N–H and O–H groups in total. The van der Waals surface area contributed by atoms with Gasteiger partial charge in [0, 0.05) is 17.5 Å². The quantitative estimate of drug-likeness (QED) is 0.419. The highest BCUT2D eigenvalue weighted by molar-refractivity contribution is 7.13. The van der Waals surface area contributed by atoms with Gasteiger partial charge in [-0.1, -0.05) is 48.0 Å². The van der Waals surface area contributed by atoms with Crippen LogP contribution < -0.4 is 5.32 Å². The Hall–Kier alpha value is -3.52. The third-order valence-electron chi connectivity index (χ3n) is 4.37. The van der Waals surface area contributed by atoms with Gasteiger partial charge in [0.05, 0.1) is 0 Å². The van der Waals surface area contributed by atoms with E-state index in [1.807, 2.05) is 61.5 Å². The number of hydrogen-bond donors (Lipinski definition) is 1. The van der Waals surface area contributed by atoms with Gasteiger partial charge in [0.15, 0.2) is 16.9 Å². The summed E-state index contributed by atoms with van der Waals surface area (Å²) in [5.74, 6) is 0.0760. The molecule has 2 heterocycles. The summed E-state index contributed by atoms with van der Waals surface area (Å²) in [4.78, 5) is 16.7.